The van der Waals surface area contributed by atoms with Gasteiger partial charge < -0.3 is 63.6 Å². The predicted molar refractivity (Wildman–Crippen MR) is 182 cm³/mol. The van der Waals surface area contributed by atoms with Gasteiger partial charge in [-0.25, -0.2) is 4.79 Å². The van der Waals surface area contributed by atoms with Gasteiger partial charge in [0.15, 0.2) is 0 Å². The normalized spacial score (nSPS) is 18.2. The number of aliphatic carboxylic acids is 2. The van der Waals surface area contributed by atoms with Gasteiger partial charge in [-0.15, -0.1) is 0 Å². The molecule has 2 heterocycles. The topological polar surface area (TPSA) is 210 Å². The molecule has 1 unspecified atom stereocenters. The van der Waals surface area contributed by atoms with Gasteiger partial charge in [-0.2, -0.15) is 11.8 Å². The number of nitrogens with zero attached hydrogens (tertiary/aromatic N) is 1. The summed E-state index contributed by atoms with van der Waals surface area (Å²) in [4.78, 5) is 47.4. The number of rotatable bonds is 35. The molecule has 0 aromatic rings. The minimum atomic E-state index is -0.896. The number of carbonyl (C=O) groups is 4. The first kappa shape index (κ1) is 43.9. The van der Waals surface area contributed by atoms with Crippen LogP contribution in [0, 0.1) is 0 Å². The smallest absolute Gasteiger partial charge is 0.315 e. The highest BCUT2D eigenvalue weighted by molar-refractivity contribution is 8.00. The van der Waals surface area contributed by atoms with Gasteiger partial charge in [0.2, 0.25) is 5.91 Å². The van der Waals surface area contributed by atoms with Gasteiger partial charge in [-0.05, 0) is 12.8 Å². The summed E-state index contributed by atoms with van der Waals surface area (Å²) in [7, 11) is 0. The molecule has 2 aliphatic heterocycles. The lowest BCUT2D eigenvalue weighted by atomic mass is 10.0. The van der Waals surface area contributed by atoms with Crippen LogP contribution in [0.5, 0.6) is 0 Å². The molecule has 2 fully saturated rings. The Hall–Kier alpha value is -2.29. The Labute approximate surface area is 298 Å². The van der Waals surface area contributed by atoms with Crippen LogP contribution < -0.4 is 10.6 Å². The summed E-state index contributed by atoms with van der Waals surface area (Å²) in [5, 5.41) is 23.5. The quantitative estimate of drug-likeness (QED) is 0.0519. The molecule has 2 saturated heterocycles. The molecule has 0 aromatic carbocycles. The first-order chi connectivity index (χ1) is 24.4. The van der Waals surface area contributed by atoms with Gasteiger partial charge in [0.1, 0.15) is 0 Å². The number of hydrogen-bond donors (Lipinski definition) is 4. The molecule has 3 amide bonds. The van der Waals surface area contributed by atoms with Gasteiger partial charge in [0.05, 0.1) is 131 Å². The summed E-state index contributed by atoms with van der Waals surface area (Å²) in [5.74, 6) is -0.830. The van der Waals surface area contributed by atoms with Gasteiger partial charge in [0.25, 0.3) is 0 Å². The van der Waals surface area contributed by atoms with Gasteiger partial charge in [-0.1, -0.05) is 6.42 Å². The molecule has 3 atom stereocenters. The van der Waals surface area contributed by atoms with E-state index in [1.165, 1.54) is 0 Å². The van der Waals surface area contributed by atoms with Crippen molar-refractivity contribution in [3.05, 3.63) is 0 Å². The van der Waals surface area contributed by atoms with E-state index in [-0.39, 0.29) is 50.1 Å². The second kappa shape index (κ2) is 29.3. The van der Waals surface area contributed by atoms with Crippen LogP contribution in [0.15, 0.2) is 0 Å². The number of carboxylic acids is 2. The fourth-order valence-corrected chi connectivity index (χ4v) is 6.52. The molecule has 4 N–H and O–H groups in total. The zero-order valence-electron chi connectivity index (χ0n) is 29.1. The highest BCUT2D eigenvalue weighted by atomic mass is 32.2. The number of unbranched alkanes of at least 4 members (excludes halogenated alkanes) is 1. The lowest BCUT2D eigenvalue weighted by Crippen LogP contribution is -2.37. The van der Waals surface area contributed by atoms with E-state index in [0.717, 1.165) is 25.0 Å². The standard InChI is InChI=1S/C32H57N3O14S/c36-28(4-2-1-3-27-31-26(25-50-27)33-32(41)34-31)35(7-11-44-15-19-48-23-21-46-17-13-42-9-5-29(37)38)8-12-45-16-20-49-24-22-47-18-14-43-10-6-30(39)40/h26-27,31H,1-25H2,(H,37,38)(H,39,40)(H2,33,34,41)/t26-,27?,31-/m0/s1. The number of urea groups is 1. The van der Waals surface area contributed by atoms with Crippen LogP contribution >= 0.6 is 11.8 Å². The van der Waals surface area contributed by atoms with Crippen molar-refractivity contribution in [3.63, 3.8) is 0 Å². The number of ether oxygens (including phenoxy) is 8. The molecule has 0 spiro atoms. The van der Waals surface area contributed by atoms with E-state index in [1.54, 1.807) is 4.90 Å². The third kappa shape index (κ3) is 22.5. The summed E-state index contributed by atoms with van der Waals surface area (Å²) in [6.45, 7) is 6.39. The summed E-state index contributed by atoms with van der Waals surface area (Å²) in [5.41, 5.74) is 0. The van der Waals surface area contributed by atoms with Crippen molar-refractivity contribution in [1.82, 2.24) is 15.5 Å². The molecule has 0 radical (unpaired) electrons. The van der Waals surface area contributed by atoms with Gasteiger partial charge in [0, 0.05) is 30.5 Å². The Morgan fingerprint density at radius 2 is 1.02 bits per heavy atom. The first-order valence-corrected chi connectivity index (χ1v) is 18.4. The molecule has 2 rings (SSSR count). The van der Waals surface area contributed by atoms with Crippen LogP contribution in [-0.2, 0) is 52.3 Å². The zero-order valence-corrected chi connectivity index (χ0v) is 29.9. The van der Waals surface area contributed by atoms with Crippen LogP contribution in [0.4, 0.5) is 4.79 Å². The molecule has 17 nitrogen and oxygen atoms in total. The number of thioether (sulfide) groups is 1. The summed E-state index contributed by atoms with van der Waals surface area (Å²) < 4.78 is 43.5. The van der Waals surface area contributed by atoms with Gasteiger partial charge >= 0.3 is 18.0 Å². The van der Waals surface area contributed by atoms with E-state index in [1.807, 2.05) is 11.8 Å². The Kier molecular flexibility index (Phi) is 25.7. The molecular weight excluding hydrogens is 682 g/mol. The average Bonchev–Trinajstić information content (AvgIpc) is 3.64. The second-order valence-corrected chi connectivity index (χ2v) is 12.7. The maximum Gasteiger partial charge on any atom is 0.315 e. The molecule has 18 heteroatoms. The fraction of sp³-hybridized carbons (Fsp3) is 0.875. The molecule has 0 saturated carbocycles. The maximum absolute atomic E-state index is 13.1. The molecular formula is C32H57N3O14S. The van der Waals surface area contributed by atoms with E-state index < -0.39 is 11.9 Å². The van der Waals surface area contributed by atoms with Crippen molar-refractivity contribution >= 4 is 35.6 Å². The Morgan fingerprint density at radius 1 is 0.600 bits per heavy atom. The fourth-order valence-electron chi connectivity index (χ4n) is 4.98. The predicted octanol–water partition coefficient (Wildman–Crippen LogP) is 0.623. The van der Waals surface area contributed by atoms with E-state index in [2.05, 4.69) is 10.6 Å². The molecule has 290 valence electrons. The van der Waals surface area contributed by atoms with E-state index in [4.69, 9.17) is 48.1 Å². The van der Waals surface area contributed by atoms with Crippen molar-refractivity contribution in [2.24, 2.45) is 0 Å². The number of carbonyl (C=O) groups excluding carboxylic acids is 2. The number of nitrogens with one attached hydrogen (secondary N) is 2. The third-order valence-corrected chi connectivity index (χ3v) is 9.09. The van der Waals surface area contributed by atoms with Crippen LogP contribution in [0.25, 0.3) is 0 Å². The Balaban J connectivity index is 1.54. The molecule has 0 aliphatic carbocycles. The summed E-state index contributed by atoms with van der Waals surface area (Å²) in [6, 6.07) is 0.262. The number of carboxylic acid groups (broad SMARTS) is 2. The van der Waals surface area contributed by atoms with E-state index in [0.29, 0.717) is 117 Å². The first-order valence-electron chi connectivity index (χ1n) is 17.4. The van der Waals surface area contributed by atoms with Gasteiger partial charge in [-0.3, -0.25) is 14.4 Å². The summed E-state index contributed by atoms with van der Waals surface area (Å²) >= 11 is 1.87. The largest absolute Gasteiger partial charge is 0.481 e. The lowest BCUT2D eigenvalue weighted by molar-refractivity contribution is -0.139. The van der Waals surface area contributed by atoms with E-state index >= 15 is 0 Å². The SMILES string of the molecule is O=C(O)CCOCCOCCOCCOCCN(CCOCCOCCOCCOCCC(=O)O)C(=O)CCCCC1SC[C@@H]2NC(=O)N[C@H]12. The minimum Gasteiger partial charge on any atom is -0.481 e. The van der Waals surface area contributed by atoms with Crippen LogP contribution in [0.3, 0.4) is 0 Å². The number of fused-ring (bicyclic) bond motifs is 1. The van der Waals surface area contributed by atoms with Crippen molar-refractivity contribution < 1.29 is 67.3 Å². The van der Waals surface area contributed by atoms with Crippen molar-refractivity contribution in [1.29, 1.82) is 0 Å². The van der Waals surface area contributed by atoms with Crippen LogP contribution in [0.2, 0.25) is 0 Å². The van der Waals surface area contributed by atoms with Crippen molar-refractivity contribution in [2.45, 2.75) is 55.9 Å². The molecule has 2 aliphatic rings. The zero-order chi connectivity index (χ0) is 36.1. The second-order valence-electron chi connectivity index (χ2n) is 11.4. The maximum atomic E-state index is 13.1. The van der Waals surface area contributed by atoms with Crippen molar-refractivity contribution in [3.8, 4) is 0 Å². The van der Waals surface area contributed by atoms with Crippen LogP contribution in [0.1, 0.15) is 38.5 Å². The number of amides is 3. The Bertz CT molecular complexity index is 895. The average molecular weight is 740 g/mol. The monoisotopic (exact) mass is 739 g/mol. The lowest BCUT2D eigenvalue weighted by Gasteiger charge is -2.23. The highest BCUT2D eigenvalue weighted by Gasteiger charge is 2.42. The number of hydrogen-bond acceptors (Lipinski definition) is 13. The molecule has 0 aromatic heterocycles. The van der Waals surface area contributed by atoms with Crippen molar-refractivity contribution in [2.75, 3.05) is 125 Å². The minimum absolute atomic E-state index is 0.0309. The third-order valence-electron chi connectivity index (χ3n) is 7.58. The van der Waals surface area contributed by atoms with E-state index in [9.17, 15) is 19.2 Å². The summed E-state index contributed by atoms with van der Waals surface area (Å²) in [6.07, 6.45) is 2.98. The highest BCUT2D eigenvalue weighted by Crippen LogP contribution is 2.33. The molecule has 50 heavy (non-hydrogen) atoms. The van der Waals surface area contributed by atoms with Crippen LogP contribution in [-0.4, -0.2) is 181 Å². The Morgan fingerprint density at radius 3 is 1.46 bits per heavy atom. The molecule has 0 bridgehead atoms.